The molecule has 1 aromatic rings. The molecule has 1 aliphatic carbocycles. The number of hydrogen-bond donors (Lipinski definition) is 1. The maximum absolute atomic E-state index is 12.7. The fourth-order valence-corrected chi connectivity index (χ4v) is 3.66. The maximum Gasteiger partial charge on any atom is 0.230 e. The molecule has 1 aromatic heterocycles. The molecule has 3 heterocycles. The Kier molecular flexibility index (Phi) is 3.27. The lowest BCUT2D eigenvalue weighted by molar-refractivity contribution is -0.131. The lowest BCUT2D eigenvalue weighted by Crippen LogP contribution is -2.47. The van der Waals surface area contributed by atoms with Crippen LogP contribution >= 0.6 is 0 Å². The van der Waals surface area contributed by atoms with Crippen molar-refractivity contribution in [2.75, 3.05) is 32.8 Å². The van der Waals surface area contributed by atoms with E-state index in [1.165, 1.54) is 18.4 Å². The van der Waals surface area contributed by atoms with Crippen molar-refractivity contribution < 1.29 is 13.9 Å². The Bertz CT molecular complexity index is 512. The third-order valence-electron chi connectivity index (χ3n) is 5.13. The van der Waals surface area contributed by atoms with Gasteiger partial charge in [0.2, 0.25) is 5.91 Å². The van der Waals surface area contributed by atoms with Crippen molar-refractivity contribution in [3.05, 3.63) is 24.2 Å². The topological polar surface area (TPSA) is 54.7 Å². The molecule has 1 saturated carbocycles. The van der Waals surface area contributed by atoms with Gasteiger partial charge in [0.25, 0.3) is 0 Å². The van der Waals surface area contributed by atoms with E-state index in [0.717, 1.165) is 32.1 Å². The van der Waals surface area contributed by atoms with Crippen molar-refractivity contribution in [1.82, 2.24) is 10.2 Å². The summed E-state index contributed by atoms with van der Waals surface area (Å²) in [6, 6.07) is 1.99. The quantitative estimate of drug-likeness (QED) is 0.887. The molecule has 5 heteroatoms. The highest BCUT2D eigenvalue weighted by molar-refractivity contribution is 5.84. The zero-order chi connectivity index (χ0) is 14.3. The number of fused-ring (bicyclic) bond motifs is 1. The minimum Gasteiger partial charge on any atom is -0.472 e. The maximum atomic E-state index is 12.7. The van der Waals surface area contributed by atoms with Crippen LogP contribution in [0.4, 0.5) is 0 Å². The van der Waals surface area contributed by atoms with Crippen molar-refractivity contribution >= 4 is 5.91 Å². The zero-order valence-corrected chi connectivity index (χ0v) is 12.2. The number of carbonyl (C=O) groups is 1. The van der Waals surface area contributed by atoms with Gasteiger partial charge in [-0.25, -0.2) is 0 Å². The largest absolute Gasteiger partial charge is 0.472 e. The molecule has 0 bridgehead atoms. The molecule has 0 spiro atoms. The molecular formula is C16H22N2O3. The molecule has 3 fully saturated rings. The molecule has 114 valence electrons. The van der Waals surface area contributed by atoms with Gasteiger partial charge in [0.1, 0.15) is 0 Å². The Hall–Kier alpha value is -1.33. The normalized spacial score (nSPS) is 32.3. The Morgan fingerprint density at radius 1 is 1.48 bits per heavy atom. The molecule has 1 N–H and O–H groups in total. The van der Waals surface area contributed by atoms with Crippen LogP contribution in [0.25, 0.3) is 0 Å². The summed E-state index contributed by atoms with van der Waals surface area (Å²) in [5, 5.41) is 3.16. The first-order chi connectivity index (χ1) is 10.3. The SMILES string of the molecule is O=C(NCC1CC1)[C@]12COC[C@H]1CN(Cc1ccoc1)C2. The van der Waals surface area contributed by atoms with Gasteiger partial charge < -0.3 is 14.5 Å². The molecule has 2 aliphatic heterocycles. The summed E-state index contributed by atoms with van der Waals surface area (Å²) in [5.74, 6) is 1.24. The van der Waals surface area contributed by atoms with Crippen molar-refractivity contribution in [3.63, 3.8) is 0 Å². The third-order valence-corrected chi connectivity index (χ3v) is 5.13. The minimum absolute atomic E-state index is 0.201. The van der Waals surface area contributed by atoms with Crippen LogP contribution in [0.3, 0.4) is 0 Å². The van der Waals surface area contributed by atoms with Crippen LogP contribution in [0.2, 0.25) is 0 Å². The van der Waals surface area contributed by atoms with Gasteiger partial charge in [0.15, 0.2) is 0 Å². The number of nitrogens with one attached hydrogen (secondary N) is 1. The van der Waals surface area contributed by atoms with Gasteiger partial charge in [0, 0.05) is 37.7 Å². The first-order valence-electron chi connectivity index (χ1n) is 7.86. The van der Waals surface area contributed by atoms with Crippen LogP contribution in [-0.2, 0) is 16.1 Å². The van der Waals surface area contributed by atoms with E-state index in [2.05, 4.69) is 10.2 Å². The summed E-state index contributed by atoms with van der Waals surface area (Å²) in [4.78, 5) is 15.0. The standard InChI is InChI=1S/C16H22N2O3/c19-15(17-5-12-1-2-12)16-10-18(6-13-3-4-20-8-13)7-14(16)9-21-11-16/h3-4,8,12,14H,1-2,5-7,9-11H2,(H,17,19)/t14-,16-/m1/s1. The lowest BCUT2D eigenvalue weighted by atomic mass is 9.80. The molecule has 1 amide bonds. The van der Waals surface area contributed by atoms with Crippen LogP contribution in [-0.4, -0.2) is 43.7 Å². The lowest BCUT2D eigenvalue weighted by Gasteiger charge is -2.26. The van der Waals surface area contributed by atoms with Crippen molar-refractivity contribution in [3.8, 4) is 0 Å². The summed E-state index contributed by atoms with van der Waals surface area (Å²) in [7, 11) is 0. The van der Waals surface area contributed by atoms with Crippen molar-refractivity contribution in [2.24, 2.45) is 17.3 Å². The zero-order valence-electron chi connectivity index (χ0n) is 12.2. The Morgan fingerprint density at radius 3 is 3.14 bits per heavy atom. The second-order valence-corrected chi connectivity index (χ2v) is 6.82. The average Bonchev–Trinajstić information content (AvgIpc) is 2.86. The summed E-state index contributed by atoms with van der Waals surface area (Å²) in [6.07, 6.45) is 6.01. The number of carbonyl (C=O) groups excluding carboxylic acids is 1. The molecule has 5 nitrogen and oxygen atoms in total. The van der Waals surface area contributed by atoms with Crippen molar-refractivity contribution in [2.45, 2.75) is 19.4 Å². The fraction of sp³-hybridized carbons (Fsp3) is 0.688. The van der Waals surface area contributed by atoms with Gasteiger partial charge in [-0.15, -0.1) is 0 Å². The van der Waals surface area contributed by atoms with Gasteiger partial charge in [-0.2, -0.15) is 0 Å². The van der Waals surface area contributed by atoms with E-state index in [1.807, 2.05) is 6.07 Å². The Labute approximate surface area is 124 Å². The monoisotopic (exact) mass is 290 g/mol. The predicted molar refractivity (Wildman–Crippen MR) is 76.5 cm³/mol. The van der Waals surface area contributed by atoms with Crippen LogP contribution in [0.5, 0.6) is 0 Å². The van der Waals surface area contributed by atoms with Crippen LogP contribution in [0.15, 0.2) is 23.0 Å². The van der Waals surface area contributed by atoms with E-state index >= 15 is 0 Å². The van der Waals surface area contributed by atoms with Gasteiger partial charge in [0.05, 0.1) is 31.2 Å². The van der Waals surface area contributed by atoms with E-state index in [1.54, 1.807) is 12.5 Å². The van der Waals surface area contributed by atoms with Gasteiger partial charge >= 0.3 is 0 Å². The molecule has 4 rings (SSSR count). The number of rotatable bonds is 5. The smallest absolute Gasteiger partial charge is 0.230 e. The highest BCUT2D eigenvalue weighted by Crippen LogP contribution is 2.42. The van der Waals surface area contributed by atoms with Gasteiger partial charge in [-0.3, -0.25) is 9.69 Å². The second-order valence-electron chi connectivity index (χ2n) is 6.82. The molecule has 2 saturated heterocycles. The molecular weight excluding hydrogens is 268 g/mol. The Balaban J connectivity index is 1.43. The highest BCUT2D eigenvalue weighted by atomic mass is 16.5. The van der Waals surface area contributed by atoms with Crippen LogP contribution in [0, 0.1) is 17.3 Å². The summed E-state index contributed by atoms with van der Waals surface area (Å²) in [6.45, 7) is 4.69. The molecule has 0 radical (unpaired) electrons. The summed E-state index contributed by atoms with van der Waals surface area (Å²) < 4.78 is 10.8. The molecule has 3 aliphatic rings. The minimum atomic E-state index is -0.335. The number of likely N-dealkylation sites (tertiary alicyclic amines) is 1. The highest BCUT2D eigenvalue weighted by Gasteiger charge is 2.55. The molecule has 2 atom stereocenters. The molecule has 21 heavy (non-hydrogen) atoms. The number of amides is 1. The average molecular weight is 290 g/mol. The predicted octanol–water partition coefficient (Wildman–Crippen LogP) is 1.25. The van der Waals surface area contributed by atoms with Gasteiger partial charge in [-0.05, 0) is 24.8 Å². The molecule has 0 unspecified atom stereocenters. The summed E-state index contributed by atoms with van der Waals surface area (Å²) >= 11 is 0. The number of nitrogens with zero attached hydrogens (tertiary/aromatic N) is 1. The third kappa shape index (κ3) is 2.49. The van der Waals surface area contributed by atoms with Crippen molar-refractivity contribution in [1.29, 1.82) is 0 Å². The van der Waals surface area contributed by atoms with E-state index < -0.39 is 0 Å². The van der Waals surface area contributed by atoms with Gasteiger partial charge in [-0.1, -0.05) is 0 Å². The molecule has 0 aromatic carbocycles. The van der Waals surface area contributed by atoms with E-state index in [-0.39, 0.29) is 11.3 Å². The summed E-state index contributed by atoms with van der Waals surface area (Å²) in [5.41, 5.74) is 0.836. The van der Waals surface area contributed by atoms with E-state index in [4.69, 9.17) is 9.15 Å². The van der Waals surface area contributed by atoms with Crippen LogP contribution < -0.4 is 5.32 Å². The number of hydrogen-bond acceptors (Lipinski definition) is 4. The number of ether oxygens (including phenoxy) is 1. The number of furan rings is 1. The first-order valence-corrected chi connectivity index (χ1v) is 7.86. The van der Waals surface area contributed by atoms with E-state index in [9.17, 15) is 4.79 Å². The Morgan fingerprint density at radius 2 is 2.38 bits per heavy atom. The van der Waals surface area contributed by atoms with E-state index in [0.29, 0.717) is 19.1 Å². The second kappa shape index (κ2) is 5.14. The van der Waals surface area contributed by atoms with Crippen LogP contribution in [0.1, 0.15) is 18.4 Å². The fourth-order valence-electron chi connectivity index (χ4n) is 3.66. The first kappa shape index (κ1) is 13.3.